The lowest BCUT2D eigenvalue weighted by atomic mass is 9.78. The van der Waals surface area contributed by atoms with E-state index in [2.05, 4.69) is 5.32 Å². The summed E-state index contributed by atoms with van der Waals surface area (Å²) in [5.74, 6) is 0.235. The lowest BCUT2D eigenvalue weighted by Crippen LogP contribution is -2.51. The number of ketones is 1. The number of carbonyl (C=O) groups is 2. The Morgan fingerprint density at radius 2 is 1.91 bits per heavy atom. The quantitative estimate of drug-likeness (QED) is 0.847. The summed E-state index contributed by atoms with van der Waals surface area (Å²) in [4.78, 5) is 23.5. The van der Waals surface area contributed by atoms with Crippen LogP contribution < -0.4 is 5.32 Å². The van der Waals surface area contributed by atoms with Gasteiger partial charge in [0.2, 0.25) is 0 Å². The van der Waals surface area contributed by atoms with Gasteiger partial charge in [-0.15, -0.1) is 0 Å². The number of Topliss-reactive ketones (excluding diaryl/α,β-unsaturated/α-hetero) is 1. The van der Waals surface area contributed by atoms with Gasteiger partial charge in [-0.1, -0.05) is 30.3 Å². The average Bonchev–Trinajstić information content (AvgIpc) is 2.55. The molecule has 0 radical (unpaired) electrons. The summed E-state index contributed by atoms with van der Waals surface area (Å²) in [6.45, 7) is 0.304. The van der Waals surface area contributed by atoms with Crippen LogP contribution in [0.2, 0.25) is 0 Å². The number of nitrogens with one attached hydrogen (secondary N) is 1. The number of ether oxygens (including phenoxy) is 1. The fraction of sp³-hybridized carbons (Fsp3) is 0.529. The molecular formula is C17H23NO4. The van der Waals surface area contributed by atoms with Crippen LogP contribution in [0.15, 0.2) is 30.3 Å². The molecule has 1 amide bonds. The van der Waals surface area contributed by atoms with Gasteiger partial charge >= 0.3 is 6.09 Å². The molecule has 0 saturated heterocycles. The zero-order valence-corrected chi connectivity index (χ0v) is 12.7. The van der Waals surface area contributed by atoms with Gasteiger partial charge in [0.25, 0.3) is 0 Å². The summed E-state index contributed by atoms with van der Waals surface area (Å²) < 4.78 is 5.27. The third-order valence-electron chi connectivity index (χ3n) is 4.16. The number of alkyl carbamates (subject to hydrolysis) is 1. The number of aliphatic hydroxyl groups is 1. The van der Waals surface area contributed by atoms with Crippen molar-refractivity contribution >= 4 is 11.9 Å². The van der Waals surface area contributed by atoms with Crippen molar-refractivity contribution in [2.75, 3.05) is 6.61 Å². The van der Waals surface area contributed by atoms with Crippen LogP contribution in [0.4, 0.5) is 4.79 Å². The Hall–Kier alpha value is -1.88. The molecule has 0 aromatic heterocycles. The number of amides is 1. The summed E-state index contributed by atoms with van der Waals surface area (Å²) in [6.07, 6.45) is 2.99. The Bertz CT molecular complexity index is 491. The Balaban J connectivity index is 1.89. The highest BCUT2D eigenvalue weighted by Crippen LogP contribution is 2.30. The molecule has 1 saturated carbocycles. The standard InChI is InChI=1S/C17H23NO4/c19-12-4-9-17(10-7-15(20)8-11-17)18-16(21)22-13-14-5-2-1-3-6-14/h1-3,5-6,19H,4,7-13H2,(H,18,21). The van der Waals surface area contributed by atoms with E-state index < -0.39 is 11.6 Å². The van der Waals surface area contributed by atoms with Gasteiger partial charge in [-0.2, -0.15) is 0 Å². The van der Waals surface area contributed by atoms with Gasteiger partial charge in [-0.05, 0) is 31.2 Å². The monoisotopic (exact) mass is 305 g/mol. The van der Waals surface area contributed by atoms with Gasteiger partial charge < -0.3 is 15.2 Å². The van der Waals surface area contributed by atoms with Gasteiger partial charge in [0.05, 0.1) is 0 Å². The highest BCUT2D eigenvalue weighted by atomic mass is 16.5. The van der Waals surface area contributed by atoms with Gasteiger partial charge in [-0.3, -0.25) is 4.79 Å². The fourth-order valence-electron chi connectivity index (χ4n) is 2.84. The minimum atomic E-state index is -0.462. The smallest absolute Gasteiger partial charge is 0.407 e. The molecule has 22 heavy (non-hydrogen) atoms. The van der Waals surface area contributed by atoms with E-state index in [0.717, 1.165) is 5.56 Å². The second-order valence-corrected chi connectivity index (χ2v) is 5.83. The molecule has 1 aliphatic rings. The Labute approximate surface area is 130 Å². The van der Waals surface area contributed by atoms with Crippen molar-refractivity contribution in [3.63, 3.8) is 0 Å². The SMILES string of the molecule is O=C1CCC(CCCO)(NC(=O)OCc2ccccc2)CC1. The topological polar surface area (TPSA) is 75.6 Å². The number of rotatable bonds is 6. The average molecular weight is 305 g/mol. The van der Waals surface area contributed by atoms with Crippen LogP contribution in [0.5, 0.6) is 0 Å². The first-order valence-corrected chi connectivity index (χ1v) is 7.75. The molecule has 0 unspecified atom stereocenters. The van der Waals surface area contributed by atoms with Crippen molar-refractivity contribution in [2.24, 2.45) is 0 Å². The van der Waals surface area contributed by atoms with Crippen molar-refractivity contribution in [3.8, 4) is 0 Å². The third-order valence-corrected chi connectivity index (χ3v) is 4.16. The van der Waals surface area contributed by atoms with Crippen molar-refractivity contribution in [2.45, 2.75) is 50.7 Å². The Kier molecular flexibility index (Phi) is 5.95. The first-order valence-electron chi connectivity index (χ1n) is 7.75. The Morgan fingerprint density at radius 3 is 2.55 bits per heavy atom. The van der Waals surface area contributed by atoms with Gasteiger partial charge in [-0.25, -0.2) is 4.79 Å². The van der Waals surface area contributed by atoms with Gasteiger partial charge in [0.15, 0.2) is 0 Å². The summed E-state index contributed by atoms with van der Waals surface area (Å²) in [5.41, 5.74) is 0.505. The van der Waals surface area contributed by atoms with Crippen LogP contribution in [0.3, 0.4) is 0 Å². The number of hydrogen-bond donors (Lipinski definition) is 2. The minimum Gasteiger partial charge on any atom is -0.445 e. The molecule has 2 rings (SSSR count). The van der Waals surface area contributed by atoms with Crippen molar-refractivity contribution in [1.82, 2.24) is 5.32 Å². The first-order chi connectivity index (χ1) is 10.6. The molecule has 0 aliphatic heterocycles. The number of hydrogen-bond acceptors (Lipinski definition) is 4. The molecule has 1 aliphatic carbocycles. The molecule has 0 heterocycles. The van der Waals surface area contributed by atoms with E-state index in [4.69, 9.17) is 9.84 Å². The molecule has 1 fully saturated rings. The van der Waals surface area contributed by atoms with Gasteiger partial charge in [0.1, 0.15) is 12.4 Å². The highest BCUT2D eigenvalue weighted by Gasteiger charge is 2.36. The highest BCUT2D eigenvalue weighted by molar-refractivity contribution is 5.80. The molecule has 120 valence electrons. The summed E-state index contributed by atoms with van der Waals surface area (Å²) >= 11 is 0. The van der Waals surface area contributed by atoms with E-state index in [1.54, 1.807) is 0 Å². The predicted octanol–water partition coefficient (Wildman–Crippen LogP) is 2.57. The molecule has 5 nitrogen and oxygen atoms in total. The van der Waals surface area contributed by atoms with E-state index in [-0.39, 0.29) is 19.0 Å². The first kappa shape index (κ1) is 16.5. The molecule has 0 bridgehead atoms. The fourth-order valence-corrected chi connectivity index (χ4v) is 2.84. The maximum Gasteiger partial charge on any atom is 0.407 e. The van der Waals surface area contributed by atoms with Crippen LogP contribution >= 0.6 is 0 Å². The molecule has 1 aromatic rings. The number of carbonyl (C=O) groups excluding carboxylic acids is 2. The van der Waals surface area contributed by atoms with E-state index in [1.807, 2.05) is 30.3 Å². The zero-order chi connectivity index (χ0) is 15.8. The Morgan fingerprint density at radius 1 is 1.23 bits per heavy atom. The summed E-state index contributed by atoms with van der Waals surface area (Å²) in [6, 6.07) is 9.49. The van der Waals surface area contributed by atoms with Crippen LogP contribution in [-0.2, 0) is 16.1 Å². The van der Waals surface area contributed by atoms with E-state index in [0.29, 0.717) is 38.5 Å². The second kappa shape index (κ2) is 7.94. The van der Waals surface area contributed by atoms with Crippen LogP contribution in [-0.4, -0.2) is 29.1 Å². The maximum atomic E-state index is 12.1. The third kappa shape index (κ3) is 4.84. The predicted molar refractivity (Wildman–Crippen MR) is 82.3 cm³/mol. The van der Waals surface area contributed by atoms with Crippen LogP contribution in [0.25, 0.3) is 0 Å². The van der Waals surface area contributed by atoms with Crippen LogP contribution in [0, 0.1) is 0 Å². The molecule has 2 N–H and O–H groups in total. The molecule has 0 atom stereocenters. The minimum absolute atomic E-state index is 0.0798. The van der Waals surface area contributed by atoms with Crippen LogP contribution in [0.1, 0.15) is 44.1 Å². The zero-order valence-electron chi connectivity index (χ0n) is 12.7. The second-order valence-electron chi connectivity index (χ2n) is 5.83. The van der Waals surface area contributed by atoms with E-state index in [1.165, 1.54) is 0 Å². The summed E-state index contributed by atoms with van der Waals surface area (Å²) in [7, 11) is 0. The number of benzene rings is 1. The molecule has 5 heteroatoms. The summed E-state index contributed by atoms with van der Waals surface area (Å²) in [5, 5.41) is 12.0. The van der Waals surface area contributed by atoms with E-state index in [9.17, 15) is 9.59 Å². The normalized spacial score (nSPS) is 17.0. The van der Waals surface area contributed by atoms with Crippen molar-refractivity contribution < 1.29 is 19.4 Å². The largest absolute Gasteiger partial charge is 0.445 e. The molecule has 1 aromatic carbocycles. The van der Waals surface area contributed by atoms with Crippen molar-refractivity contribution in [1.29, 1.82) is 0 Å². The molecule has 0 spiro atoms. The van der Waals surface area contributed by atoms with Crippen molar-refractivity contribution in [3.05, 3.63) is 35.9 Å². The number of aliphatic hydroxyl groups excluding tert-OH is 1. The molecular weight excluding hydrogens is 282 g/mol. The maximum absolute atomic E-state index is 12.1. The lowest BCUT2D eigenvalue weighted by molar-refractivity contribution is -0.121. The lowest BCUT2D eigenvalue weighted by Gasteiger charge is -2.37. The van der Waals surface area contributed by atoms with Gasteiger partial charge in [0, 0.05) is 25.0 Å². The van der Waals surface area contributed by atoms with E-state index >= 15 is 0 Å².